The Morgan fingerprint density at radius 2 is 1.63 bits per heavy atom. The largest absolute Gasteiger partial charge is 0.401 e. The maximum Gasteiger partial charge on any atom is 0.401 e. The molecule has 1 aromatic rings. The number of benzene rings is 1. The van der Waals surface area contributed by atoms with Crippen molar-refractivity contribution >= 4 is 15.9 Å². The number of nitrogens with zero attached hydrogens (tertiary/aromatic N) is 3. The number of carbonyl (C=O) groups excluding carboxylic acids is 1. The lowest BCUT2D eigenvalue weighted by molar-refractivity contribution is -0.145. The summed E-state index contributed by atoms with van der Waals surface area (Å²) in [5, 5.41) is 0. The summed E-state index contributed by atoms with van der Waals surface area (Å²) in [5.41, 5.74) is 0.976. The van der Waals surface area contributed by atoms with Crippen LogP contribution in [0.2, 0.25) is 0 Å². The lowest BCUT2D eigenvalue weighted by atomic mass is 9.96. The zero-order chi connectivity index (χ0) is 21.9. The predicted octanol–water partition coefficient (Wildman–Crippen LogP) is 2.49. The Morgan fingerprint density at radius 1 is 1.00 bits per heavy atom. The van der Waals surface area contributed by atoms with Crippen molar-refractivity contribution in [2.45, 2.75) is 37.3 Å². The SMILES string of the molecule is Cc1ccc(S(=O)(=O)N2CCC(C(=O)N3CCCN(CC(F)(F)F)CC3)CC2)cc1. The second kappa shape index (κ2) is 9.23. The Bertz CT molecular complexity index is 835. The molecule has 0 radical (unpaired) electrons. The van der Waals surface area contributed by atoms with Crippen molar-refractivity contribution in [3.8, 4) is 0 Å². The molecule has 0 aliphatic carbocycles. The molecule has 2 heterocycles. The number of halogens is 3. The van der Waals surface area contributed by atoms with Crippen LogP contribution in [0.25, 0.3) is 0 Å². The molecule has 6 nitrogen and oxygen atoms in total. The molecule has 0 aromatic heterocycles. The van der Waals surface area contributed by atoms with Crippen LogP contribution in [0.5, 0.6) is 0 Å². The second-order valence-corrected chi connectivity index (χ2v) is 10.00. The van der Waals surface area contributed by atoms with Gasteiger partial charge in [0.2, 0.25) is 15.9 Å². The first-order chi connectivity index (χ1) is 14.1. The number of aryl methyl sites for hydroxylation is 1. The highest BCUT2D eigenvalue weighted by Crippen LogP contribution is 2.26. The van der Waals surface area contributed by atoms with E-state index in [1.54, 1.807) is 29.2 Å². The minimum atomic E-state index is -4.24. The number of piperidine rings is 1. The van der Waals surface area contributed by atoms with Gasteiger partial charge in [0, 0.05) is 45.2 Å². The molecule has 1 amide bonds. The number of hydrogen-bond donors (Lipinski definition) is 0. The number of rotatable bonds is 4. The number of sulfonamides is 1. The van der Waals surface area contributed by atoms with Crippen LogP contribution in [-0.4, -0.2) is 80.4 Å². The third-order valence-electron chi connectivity index (χ3n) is 5.77. The number of hydrogen-bond acceptors (Lipinski definition) is 4. The summed E-state index contributed by atoms with van der Waals surface area (Å²) in [7, 11) is -3.59. The lowest BCUT2D eigenvalue weighted by Gasteiger charge is -2.33. The Morgan fingerprint density at radius 3 is 2.23 bits per heavy atom. The van der Waals surface area contributed by atoms with Crippen LogP contribution in [0, 0.1) is 12.8 Å². The maximum atomic E-state index is 12.9. The van der Waals surface area contributed by atoms with Crippen molar-refractivity contribution in [1.82, 2.24) is 14.1 Å². The van der Waals surface area contributed by atoms with Crippen molar-refractivity contribution in [2.75, 3.05) is 45.8 Å². The monoisotopic (exact) mass is 447 g/mol. The highest BCUT2D eigenvalue weighted by atomic mass is 32.2. The molecular formula is C20H28F3N3O3S. The first-order valence-corrected chi connectivity index (χ1v) is 11.6. The molecule has 30 heavy (non-hydrogen) atoms. The Kier molecular flexibility index (Phi) is 7.09. The number of alkyl halides is 3. The van der Waals surface area contributed by atoms with Gasteiger partial charge in [0.05, 0.1) is 11.4 Å². The fourth-order valence-corrected chi connectivity index (χ4v) is 5.53. The molecule has 0 N–H and O–H groups in total. The van der Waals surface area contributed by atoms with Gasteiger partial charge in [-0.25, -0.2) is 8.42 Å². The molecule has 2 fully saturated rings. The first kappa shape index (κ1) is 23.0. The van der Waals surface area contributed by atoms with Crippen LogP contribution in [0.4, 0.5) is 13.2 Å². The third kappa shape index (κ3) is 5.73. The molecule has 10 heteroatoms. The van der Waals surface area contributed by atoms with Gasteiger partial charge in [-0.15, -0.1) is 0 Å². The van der Waals surface area contributed by atoms with Gasteiger partial charge in [0.25, 0.3) is 0 Å². The molecule has 2 aliphatic rings. The van der Waals surface area contributed by atoms with Gasteiger partial charge in [0.1, 0.15) is 0 Å². The zero-order valence-corrected chi connectivity index (χ0v) is 17.9. The van der Waals surface area contributed by atoms with Crippen LogP contribution in [0.15, 0.2) is 29.2 Å². The smallest absolute Gasteiger partial charge is 0.341 e. The van der Waals surface area contributed by atoms with Crippen molar-refractivity contribution < 1.29 is 26.4 Å². The van der Waals surface area contributed by atoms with Crippen molar-refractivity contribution in [3.05, 3.63) is 29.8 Å². The van der Waals surface area contributed by atoms with Crippen LogP contribution >= 0.6 is 0 Å². The highest BCUT2D eigenvalue weighted by molar-refractivity contribution is 7.89. The quantitative estimate of drug-likeness (QED) is 0.712. The van der Waals surface area contributed by atoms with Crippen molar-refractivity contribution in [1.29, 1.82) is 0 Å². The third-order valence-corrected chi connectivity index (χ3v) is 7.68. The van der Waals surface area contributed by atoms with E-state index in [2.05, 4.69) is 0 Å². The highest BCUT2D eigenvalue weighted by Gasteiger charge is 2.35. The van der Waals surface area contributed by atoms with Gasteiger partial charge >= 0.3 is 6.18 Å². The fourth-order valence-electron chi connectivity index (χ4n) is 4.06. The average molecular weight is 448 g/mol. The van der Waals surface area contributed by atoms with Gasteiger partial charge in [0.15, 0.2) is 0 Å². The zero-order valence-electron chi connectivity index (χ0n) is 17.1. The summed E-state index contributed by atoms with van der Waals surface area (Å²) in [4.78, 5) is 16.1. The Hall–Kier alpha value is -1.65. The van der Waals surface area contributed by atoms with E-state index in [9.17, 15) is 26.4 Å². The molecule has 0 bridgehead atoms. The summed E-state index contributed by atoms with van der Waals surface area (Å²) in [6, 6.07) is 6.69. The molecule has 0 unspecified atom stereocenters. The van der Waals surface area contributed by atoms with Crippen molar-refractivity contribution in [3.63, 3.8) is 0 Å². The van der Waals surface area contributed by atoms with Gasteiger partial charge in [-0.05, 0) is 38.3 Å². The van der Waals surface area contributed by atoms with E-state index >= 15 is 0 Å². The molecule has 0 spiro atoms. The minimum absolute atomic E-state index is 0.0729. The van der Waals surface area contributed by atoms with Crippen LogP contribution < -0.4 is 0 Å². The molecule has 0 atom stereocenters. The summed E-state index contributed by atoms with van der Waals surface area (Å²) in [5.74, 6) is -0.361. The molecule has 1 aromatic carbocycles. The predicted molar refractivity (Wildman–Crippen MR) is 106 cm³/mol. The molecule has 168 valence electrons. The van der Waals surface area contributed by atoms with Gasteiger partial charge < -0.3 is 4.90 Å². The maximum absolute atomic E-state index is 12.9. The number of carbonyl (C=O) groups is 1. The second-order valence-electron chi connectivity index (χ2n) is 8.06. The van der Waals surface area contributed by atoms with E-state index in [4.69, 9.17) is 0 Å². The summed E-state index contributed by atoms with van der Waals surface area (Å²) < 4.78 is 64.9. The van der Waals surface area contributed by atoms with Gasteiger partial charge in [-0.1, -0.05) is 17.7 Å². The van der Waals surface area contributed by atoms with E-state index < -0.39 is 22.7 Å². The molecule has 2 saturated heterocycles. The van der Waals surface area contributed by atoms with Gasteiger partial charge in [-0.2, -0.15) is 17.5 Å². The normalized spacial score (nSPS) is 20.9. The van der Waals surface area contributed by atoms with E-state index in [1.165, 1.54) is 9.21 Å². The molecular weight excluding hydrogens is 419 g/mol. The van der Waals surface area contributed by atoms with Crippen LogP contribution in [0.3, 0.4) is 0 Å². The Balaban J connectivity index is 1.54. The van der Waals surface area contributed by atoms with E-state index in [0.717, 1.165) is 5.56 Å². The molecule has 3 rings (SSSR count). The fraction of sp³-hybridized carbons (Fsp3) is 0.650. The van der Waals surface area contributed by atoms with Crippen molar-refractivity contribution in [2.24, 2.45) is 5.92 Å². The molecule has 2 aliphatic heterocycles. The van der Waals surface area contributed by atoms with Gasteiger partial charge in [-0.3, -0.25) is 9.69 Å². The summed E-state index contributed by atoms with van der Waals surface area (Å²) in [6.07, 6.45) is -2.89. The standard InChI is InChI=1S/C20H28F3N3O3S/c1-16-3-5-18(6-4-16)30(28,29)26-11-7-17(8-12-26)19(27)25-10-2-9-24(13-14-25)15-20(21,22)23/h3-6,17H,2,7-15H2,1H3. The van der Waals surface area contributed by atoms with E-state index in [1.807, 2.05) is 6.92 Å². The first-order valence-electron chi connectivity index (χ1n) is 10.2. The van der Waals surface area contributed by atoms with E-state index in [0.29, 0.717) is 32.4 Å². The average Bonchev–Trinajstić information content (AvgIpc) is 2.92. The van der Waals surface area contributed by atoms with Crippen LogP contribution in [-0.2, 0) is 14.8 Å². The van der Waals surface area contributed by atoms with Crippen LogP contribution in [0.1, 0.15) is 24.8 Å². The number of amides is 1. The summed E-state index contributed by atoms with van der Waals surface area (Å²) in [6.45, 7) is 2.69. The lowest BCUT2D eigenvalue weighted by Crippen LogP contribution is -2.45. The molecule has 0 saturated carbocycles. The topological polar surface area (TPSA) is 60.9 Å². The minimum Gasteiger partial charge on any atom is -0.341 e. The van der Waals surface area contributed by atoms with E-state index in [-0.39, 0.29) is 42.9 Å². The summed E-state index contributed by atoms with van der Waals surface area (Å²) >= 11 is 0. The Labute approximate surface area is 175 Å².